The maximum absolute atomic E-state index is 5.62. The summed E-state index contributed by atoms with van der Waals surface area (Å²) in [7, 11) is 0. The molecule has 3 heteroatoms. The van der Waals surface area contributed by atoms with Gasteiger partial charge in [-0.2, -0.15) is 0 Å². The third-order valence-electron chi connectivity index (χ3n) is 2.13. The number of rotatable bonds is 8. The summed E-state index contributed by atoms with van der Waals surface area (Å²) in [6.07, 6.45) is 1.02. The second-order valence-electron chi connectivity index (χ2n) is 3.46. The average molecular weight is 223 g/mol. The van der Waals surface area contributed by atoms with Gasteiger partial charge in [0.05, 0.1) is 13.2 Å². The van der Waals surface area contributed by atoms with E-state index < -0.39 is 0 Å². The minimum atomic E-state index is 0.684. The SMILES string of the molecule is CCNCCCOc1cccc(OCC)c1. The molecule has 0 radical (unpaired) electrons. The summed E-state index contributed by atoms with van der Waals surface area (Å²) in [6, 6.07) is 7.77. The zero-order valence-electron chi connectivity index (χ0n) is 10.2. The highest BCUT2D eigenvalue weighted by molar-refractivity contribution is 5.32. The summed E-state index contributed by atoms with van der Waals surface area (Å²) >= 11 is 0. The molecule has 0 heterocycles. The minimum absolute atomic E-state index is 0.684. The van der Waals surface area contributed by atoms with Crippen molar-refractivity contribution in [2.24, 2.45) is 0 Å². The van der Waals surface area contributed by atoms with E-state index in [1.165, 1.54) is 0 Å². The summed E-state index contributed by atoms with van der Waals surface area (Å²) in [5.41, 5.74) is 0. The Bertz CT molecular complexity index is 289. The summed E-state index contributed by atoms with van der Waals surface area (Å²) in [5, 5.41) is 3.26. The Labute approximate surface area is 97.8 Å². The number of ether oxygens (including phenoxy) is 2. The molecule has 0 aliphatic heterocycles. The van der Waals surface area contributed by atoms with E-state index >= 15 is 0 Å². The van der Waals surface area contributed by atoms with Crippen LogP contribution in [-0.4, -0.2) is 26.3 Å². The lowest BCUT2D eigenvalue weighted by atomic mass is 10.3. The third-order valence-corrected chi connectivity index (χ3v) is 2.13. The topological polar surface area (TPSA) is 30.5 Å². The molecule has 16 heavy (non-hydrogen) atoms. The van der Waals surface area contributed by atoms with Gasteiger partial charge in [0.25, 0.3) is 0 Å². The van der Waals surface area contributed by atoms with Gasteiger partial charge in [-0.05, 0) is 38.6 Å². The van der Waals surface area contributed by atoms with Gasteiger partial charge in [0.2, 0.25) is 0 Å². The summed E-state index contributed by atoms with van der Waals surface area (Å²) in [6.45, 7) is 7.52. The molecule has 0 saturated heterocycles. The van der Waals surface area contributed by atoms with Crippen LogP contribution in [0.25, 0.3) is 0 Å². The number of benzene rings is 1. The Morgan fingerprint density at radius 2 is 1.88 bits per heavy atom. The van der Waals surface area contributed by atoms with Gasteiger partial charge in [-0.25, -0.2) is 0 Å². The second kappa shape index (κ2) is 7.99. The first-order valence-electron chi connectivity index (χ1n) is 5.93. The Balaban J connectivity index is 2.27. The fourth-order valence-corrected chi connectivity index (χ4v) is 1.38. The van der Waals surface area contributed by atoms with Gasteiger partial charge in [0, 0.05) is 6.07 Å². The lowest BCUT2D eigenvalue weighted by Gasteiger charge is -2.08. The molecule has 0 aromatic heterocycles. The molecule has 1 rings (SSSR count). The maximum atomic E-state index is 5.62. The molecular weight excluding hydrogens is 202 g/mol. The van der Waals surface area contributed by atoms with Gasteiger partial charge in [0.1, 0.15) is 11.5 Å². The molecule has 0 fully saturated rings. The quantitative estimate of drug-likeness (QED) is 0.687. The third kappa shape index (κ3) is 5.03. The Kier molecular flexibility index (Phi) is 6.42. The molecular formula is C13H21NO2. The predicted molar refractivity (Wildman–Crippen MR) is 66.3 cm³/mol. The van der Waals surface area contributed by atoms with Crippen LogP contribution in [0.15, 0.2) is 24.3 Å². The highest BCUT2D eigenvalue weighted by Crippen LogP contribution is 2.19. The van der Waals surface area contributed by atoms with Gasteiger partial charge in [-0.15, -0.1) is 0 Å². The molecule has 90 valence electrons. The van der Waals surface area contributed by atoms with Gasteiger partial charge in [-0.3, -0.25) is 0 Å². The zero-order valence-corrected chi connectivity index (χ0v) is 10.2. The summed E-state index contributed by atoms with van der Waals surface area (Å²) < 4.78 is 11.0. The fourth-order valence-electron chi connectivity index (χ4n) is 1.38. The summed E-state index contributed by atoms with van der Waals surface area (Å²) in [5.74, 6) is 1.74. The molecule has 1 N–H and O–H groups in total. The van der Waals surface area contributed by atoms with E-state index in [0.29, 0.717) is 6.61 Å². The van der Waals surface area contributed by atoms with Gasteiger partial charge in [0.15, 0.2) is 0 Å². The van der Waals surface area contributed by atoms with Crippen LogP contribution in [0.3, 0.4) is 0 Å². The van der Waals surface area contributed by atoms with Crippen LogP contribution < -0.4 is 14.8 Å². The van der Waals surface area contributed by atoms with E-state index in [9.17, 15) is 0 Å². The van der Waals surface area contributed by atoms with E-state index in [-0.39, 0.29) is 0 Å². The van der Waals surface area contributed by atoms with Crippen LogP contribution in [0.5, 0.6) is 11.5 Å². The Morgan fingerprint density at radius 1 is 1.12 bits per heavy atom. The first-order valence-corrected chi connectivity index (χ1v) is 5.93. The smallest absolute Gasteiger partial charge is 0.122 e. The fraction of sp³-hybridized carbons (Fsp3) is 0.538. The van der Waals surface area contributed by atoms with Crippen molar-refractivity contribution in [3.8, 4) is 11.5 Å². The van der Waals surface area contributed by atoms with Crippen LogP contribution in [0.4, 0.5) is 0 Å². The van der Waals surface area contributed by atoms with Crippen LogP contribution in [0.2, 0.25) is 0 Å². The van der Waals surface area contributed by atoms with Crippen LogP contribution in [0.1, 0.15) is 20.3 Å². The van der Waals surface area contributed by atoms with Crippen LogP contribution in [0, 0.1) is 0 Å². The van der Waals surface area contributed by atoms with E-state index in [1.807, 2.05) is 31.2 Å². The lowest BCUT2D eigenvalue weighted by molar-refractivity contribution is 0.302. The Morgan fingerprint density at radius 3 is 2.56 bits per heavy atom. The van der Waals surface area contributed by atoms with Crippen molar-refractivity contribution in [1.82, 2.24) is 5.32 Å². The van der Waals surface area contributed by atoms with Crippen LogP contribution >= 0.6 is 0 Å². The van der Waals surface area contributed by atoms with Crippen molar-refractivity contribution >= 4 is 0 Å². The summed E-state index contributed by atoms with van der Waals surface area (Å²) in [4.78, 5) is 0. The molecule has 0 atom stereocenters. The molecule has 1 aromatic carbocycles. The molecule has 0 unspecified atom stereocenters. The van der Waals surface area contributed by atoms with Crippen molar-refractivity contribution in [2.75, 3.05) is 26.3 Å². The van der Waals surface area contributed by atoms with E-state index in [1.54, 1.807) is 0 Å². The highest BCUT2D eigenvalue weighted by atomic mass is 16.5. The molecule has 1 aromatic rings. The second-order valence-corrected chi connectivity index (χ2v) is 3.46. The predicted octanol–water partition coefficient (Wildman–Crippen LogP) is 2.46. The Hall–Kier alpha value is -1.22. The molecule has 0 amide bonds. The van der Waals surface area contributed by atoms with Gasteiger partial charge in [-0.1, -0.05) is 13.0 Å². The van der Waals surface area contributed by atoms with Crippen molar-refractivity contribution in [3.63, 3.8) is 0 Å². The van der Waals surface area contributed by atoms with Crippen molar-refractivity contribution < 1.29 is 9.47 Å². The average Bonchev–Trinajstić information content (AvgIpc) is 2.30. The molecule has 0 aliphatic rings. The molecule has 0 spiro atoms. The zero-order chi connectivity index (χ0) is 11.6. The number of nitrogens with one attached hydrogen (secondary N) is 1. The number of hydrogen-bond donors (Lipinski definition) is 1. The van der Waals surface area contributed by atoms with Gasteiger partial charge >= 0.3 is 0 Å². The lowest BCUT2D eigenvalue weighted by Crippen LogP contribution is -2.16. The molecule has 0 saturated carbocycles. The molecule has 0 bridgehead atoms. The van der Waals surface area contributed by atoms with Crippen LogP contribution in [-0.2, 0) is 0 Å². The van der Waals surface area contributed by atoms with E-state index in [4.69, 9.17) is 9.47 Å². The molecule has 0 aliphatic carbocycles. The first-order chi connectivity index (χ1) is 7.86. The van der Waals surface area contributed by atoms with Crippen molar-refractivity contribution in [2.45, 2.75) is 20.3 Å². The monoisotopic (exact) mass is 223 g/mol. The normalized spacial score (nSPS) is 10.1. The van der Waals surface area contributed by atoms with E-state index in [0.717, 1.165) is 37.6 Å². The number of hydrogen-bond acceptors (Lipinski definition) is 3. The standard InChI is InChI=1S/C13H21NO2/c1-3-14-9-6-10-16-13-8-5-7-12(11-13)15-4-2/h5,7-8,11,14H,3-4,6,9-10H2,1-2H3. The van der Waals surface area contributed by atoms with E-state index in [2.05, 4.69) is 12.2 Å². The molecule has 3 nitrogen and oxygen atoms in total. The maximum Gasteiger partial charge on any atom is 0.122 e. The van der Waals surface area contributed by atoms with Gasteiger partial charge < -0.3 is 14.8 Å². The largest absolute Gasteiger partial charge is 0.494 e. The minimum Gasteiger partial charge on any atom is -0.494 e. The van der Waals surface area contributed by atoms with Crippen molar-refractivity contribution in [1.29, 1.82) is 0 Å². The first kappa shape index (κ1) is 12.8. The highest BCUT2D eigenvalue weighted by Gasteiger charge is 1.96. The van der Waals surface area contributed by atoms with Crippen molar-refractivity contribution in [3.05, 3.63) is 24.3 Å².